The first-order valence-electron chi connectivity index (χ1n) is 11.3. The summed E-state index contributed by atoms with van der Waals surface area (Å²) in [6.07, 6.45) is 1.39. The van der Waals surface area contributed by atoms with E-state index in [4.69, 9.17) is 18.9 Å². The van der Waals surface area contributed by atoms with Gasteiger partial charge in [-0.25, -0.2) is 4.79 Å². The van der Waals surface area contributed by atoms with Gasteiger partial charge in [0.05, 0.1) is 13.7 Å². The minimum absolute atomic E-state index is 0.127. The van der Waals surface area contributed by atoms with Crippen LogP contribution in [0.15, 0.2) is 46.9 Å². The Bertz CT molecular complexity index is 954. The maximum atomic E-state index is 12.4. The standard InChI is InChI=1S/C25H31BrN2O5/c1-17(30-2)32-22-8-9-24(26)19(13-22)12-18-10-11-27(14-18)15-23-16-28(25(29)33-23)20-4-6-21(31-3)7-5-20/h4-9,13,17-18,23H,10-12,14-16H2,1-3H3. The number of anilines is 1. The molecule has 8 heteroatoms. The molecule has 0 saturated carbocycles. The number of cyclic esters (lactones) is 1. The molecule has 0 N–H and O–H groups in total. The predicted octanol–water partition coefficient (Wildman–Crippen LogP) is 4.72. The molecule has 2 saturated heterocycles. The number of ether oxygens (including phenoxy) is 4. The highest BCUT2D eigenvalue weighted by Crippen LogP contribution is 2.30. The summed E-state index contributed by atoms with van der Waals surface area (Å²) in [5, 5.41) is 0. The highest BCUT2D eigenvalue weighted by Gasteiger charge is 2.35. The molecule has 2 aliphatic rings. The molecule has 2 fully saturated rings. The Labute approximate surface area is 203 Å². The van der Waals surface area contributed by atoms with Crippen molar-refractivity contribution in [2.75, 3.05) is 45.3 Å². The fourth-order valence-corrected chi connectivity index (χ4v) is 4.86. The molecule has 0 bridgehead atoms. The lowest BCUT2D eigenvalue weighted by atomic mass is 9.98. The summed E-state index contributed by atoms with van der Waals surface area (Å²) in [6, 6.07) is 13.6. The zero-order chi connectivity index (χ0) is 23.4. The lowest BCUT2D eigenvalue weighted by Crippen LogP contribution is -2.33. The van der Waals surface area contributed by atoms with E-state index in [-0.39, 0.29) is 18.5 Å². The molecule has 0 aliphatic carbocycles. The van der Waals surface area contributed by atoms with Gasteiger partial charge in [0.15, 0.2) is 6.29 Å². The minimum atomic E-state index is -0.285. The lowest BCUT2D eigenvalue weighted by molar-refractivity contribution is -0.0383. The third-order valence-electron chi connectivity index (χ3n) is 6.25. The monoisotopic (exact) mass is 518 g/mol. The number of likely N-dealkylation sites (tertiary alicyclic amines) is 1. The average Bonchev–Trinajstić information content (AvgIpc) is 3.41. The summed E-state index contributed by atoms with van der Waals surface area (Å²) >= 11 is 3.68. The van der Waals surface area contributed by atoms with E-state index >= 15 is 0 Å². The Morgan fingerprint density at radius 2 is 1.88 bits per heavy atom. The van der Waals surface area contributed by atoms with E-state index in [1.54, 1.807) is 19.1 Å². The molecule has 3 unspecified atom stereocenters. The summed E-state index contributed by atoms with van der Waals surface area (Å²) < 4.78 is 22.9. The van der Waals surface area contributed by atoms with E-state index in [2.05, 4.69) is 26.9 Å². The van der Waals surface area contributed by atoms with Gasteiger partial charge in [0, 0.05) is 30.4 Å². The van der Waals surface area contributed by atoms with Crippen LogP contribution < -0.4 is 14.4 Å². The zero-order valence-electron chi connectivity index (χ0n) is 19.3. The van der Waals surface area contributed by atoms with E-state index < -0.39 is 0 Å². The number of methoxy groups -OCH3 is 2. The van der Waals surface area contributed by atoms with Crippen molar-refractivity contribution in [2.24, 2.45) is 5.92 Å². The predicted molar refractivity (Wildman–Crippen MR) is 130 cm³/mol. The number of carbonyl (C=O) groups is 1. The van der Waals surface area contributed by atoms with Crippen LogP contribution >= 0.6 is 15.9 Å². The molecule has 2 aliphatic heterocycles. The van der Waals surface area contributed by atoms with Crippen molar-refractivity contribution in [3.05, 3.63) is 52.5 Å². The zero-order valence-corrected chi connectivity index (χ0v) is 20.9. The quantitative estimate of drug-likeness (QED) is 0.447. The van der Waals surface area contributed by atoms with E-state index in [0.717, 1.165) is 54.1 Å². The Morgan fingerprint density at radius 3 is 2.61 bits per heavy atom. The summed E-state index contributed by atoms with van der Waals surface area (Å²) in [5.74, 6) is 2.13. The van der Waals surface area contributed by atoms with Crippen molar-refractivity contribution in [3.8, 4) is 11.5 Å². The lowest BCUT2D eigenvalue weighted by Gasteiger charge is -2.20. The summed E-state index contributed by atoms with van der Waals surface area (Å²) in [5.41, 5.74) is 2.07. The van der Waals surface area contributed by atoms with E-state index in [1.807, 2.05) is 43.3 Å². The van der Waals surface area contributed by atoms with Crippen LogP contribution in [-0.4, -0.2) is 63.8 Å². The largest absolute Gasteiger partial charge is 0.497 e. The molecule has 0 radical (unpaired) electrons. The first kappa shape index (κ1) is 23.9. The number of halogens is 1. The molecule has 2 aromatic carbocycles. The van der Waals surface area contributed by atoms with Crippen LogP contribution in [0.4, 0.5) is 10.5 Å². The number of hydrogen-bond acceptors (Lipinski definition) is 6. The minimum Gasteiger partial charge on any atom is -0.497 e. The smallest absolute Gasteiger partial charge is 0.414 e. The molecular formula is C25H31BrN2O5. The van der Waals surface area contributed by atoms with Gasteiger partial charge in [-0.1, -0.05) is 15.9 Å². The molecule has 7 nitrogen and oxygen atoms in total. The first-order valence-corrected chi connectivity index (χ1v) is 12.1. The second-order valence-electron chi connectivity index (χ2n) is 8.61. The normalized spacial score (nSPS) is 21.8. The third kappa shape index (κ3) is 5.99. The van der Waals surface area contributed by atoms with Crippen molar-refractivity contribution >= 4 is 27.7 Å². The third-order valence-corrected chi connectivity index (χ3v) is 7.02. The maximum Gasteiger partial charge on any atom is 0.414 e. The van der Waals surface area contributed by atoms with Crippen LogP contribution in [0.3, 0.4) is 0 Å². The van der Waals surface area contributed by atoms with Crippen LogP contribution in [0.25, 0.3) is 0 Å². The number of nitrogens with zero attached hydrogens (tertiary/aromatic N) is 2. The van der Waals surface area contributed by atoms with Gasteiger partial charge in [-0.15, -0.1) is 0 Å². The fourth-order valence-electron chi connectivity index (χ4n) is 4.45. The van der Waals surface area contributed by atoms with Gasteiger partial charge in [-0.3, -0.25) is 9.80 Å². The number of rotatable bonds is 9. The van der Waals surface area contributed by atoms with E-state index in [9.17, 15) is 4.79 Å². The molecule has 2 heterocycles. The first-order chi connectivity index (χ1) is 15.9. The molecule has 1 amide bonds. The number of carbonyl (C=O) groups excluding carboxylic acids is 1. The van der Waals surface area contributed by atoms with Crippen LogP contribution in [0.1, 0.15) is 18.9 Å². The molecule has 0 aromatic heterocycles. The average molecular weight is 519 g/mol. The molecular weight excluding hydrogens is 488 g/mol. The van der Waals surface area contributed by atoms with Gasteiger partial charge in [0.2, 0.25) is 0 Å². The SMILES string of the molecule is COc1ccc(N2CC(CN3CCC(Cc4cc(OC(C)OC)ccc4Br)C3)OC2=O)cc1. The molecule has 3 atom stereocenters. The number of amides is 1. The molecule has 0 spiro atoms. The van der Waals surface area contributed by atoms with E-state index in [1.165, 1.54) is 5.56 Å². The Kier molecular flexibility index (Phi) is 7.78. The van der Waals surface area contributed by atoms with Crippen LogP contribution in [0, 0.1) is 5.92 Å². The topological polar surface area (TPSA) is 60.5 Å². The summed E-state index contributed by atoms with van der Waals surface area (Å²) in [6.45, 7) is 5.19. The molecule has 178 valence electrons. The van der Waals surface area contributed by atoms with Crippen molar-refractivity contribution in [3.63, 3.8) is 0 Å². The molecule has 33 heavy (non-hydrogen) atoms. The molecule has 2 aromatic rings. The van der Waals surface area contributed by atoms with Gasteiger partial charge in [-0.05, 0) is 80.3 Å². The fraction of sp³-hybridized carbons (Fsp3) is 0.480. The van der Waals surface area contributed by atoms with Gasteiger partial charge in [-0.2, -0.15) is 0 Å². The van der Waals surface area contributed by atoms with E-state index in [0.29, 0.717) is 12.5 Å². The van der Waals surface area contributed by atoms with Gasteiger partial charge in [0.1, 0.15) is 17.6 Å². The van der Waals surface area contributed by atoms with Crippen molar-refractivity contribution in [1.82, 2.24) is 4.90 Å². The van der Waals surface area contributed by atoms with Crippen molar-refractivity contribution in [2.45, 2.75) is 32.2 Å². The highest BCUT2D eigenvalue weighted by atomic mass is 79.9. The van der Waals surface area contributed by atoms with Crippen LogP contribution in [0.2, 0.25) is 0 Å². The van der Waals surface area contributed by atoms with Gasteiger partial charge < -0.3 is 18.9 Å². The second-order valence-corrected chi connectivity index (χ2v) is 9.46. The number of hydrogen-bond donors (Lipinski definition) is 0. The van der Waals surface area contributed by atoms with Gasteiger partial charge >= 0.3 is 6.09 Å². The van der Waals surface area contributed by atoms with Crippen molar-refractivity contribution in [1.29, 1.82) is 0 Å². The van der Waals surface area contributed by atoms with Crippen LogP contribution in [0.5, 0.6) is 11.5 Å². The van der Waals surface area contributed by atoms with Crippen LogP contribution in [-0.2, 0) is 15.9 Å². The van der Waals surface area contributed by atoms with Crippen molar-refractivity contribution < 1.29 is 23.7 Å². The summed E-state index contributed by atoms with van der Waals surface area (Å²) in [7, 11) is 3.26. The Balaban J connectivity index is 1.30. The number of benzene rings is 2. The summed E-state index contributed by atoms with van der Waals surface area (Å²) in [4.78, 5) is 16.5. The Hall–Kier alpha value is -2.29. The Morgan fingerprint density at radius 1 is 1.12 bits per heavy atom. The maximum absolute atomic E-state index is 12.4. The molecule has 4 rings (SSSR count). The van der Waals surface area contributed by atoms with Gasteiger partial charge in [0.25, 0.3) is 0 Å². The second kappa shape index (κ2) is 10.8. The highest BCUT2D eigenvalue weighted by molar-refractivity contribution is 9.10.